The summed E-state index contributed by atoms with van der Waals surface area (Å²) in [7, 11) is 0. The van der Waals surface area contributed by atoms with Crippen molar-refractivity contribution < 1.29 is 9.34 Å². The molecule has 0 radical (unpaired) electrons. The van der Waals surface area contributed by atoms with E-state index in [-0.39, 0.29) is 11.3 Å². The van der Waals surface area contributed by atoms with Crippen molar-refractivity contribution in [2.75, 3.05) is 6.54 Å². The number of hydrogen-bond donors (Lipinski definition) is 1. The van der Waals surface area contributed by atoms with E-state index < -0.39 is 4.92 Å². The van der Waals surface area contributed by atoms with Crippen LogP contribution >= 0.6 is 0 Å². The number of oxazole rings is 1. The molecule has 0 unspecified atom stereocenters. The van der Waals surface area contributed by atoms with Gasteiger partial charge in [-0.1, -0.05) is 6.07 Å². The molecule has 0 aliphatic heterocycles. The monoisotopic (exact) mass is 207 g/mol. The normalized spacial score (nSPS) is 10.7. The Balaban J connectivity index is 2.59. The highest BCUT2D eigenvalue weighted by Gasteiger charge is 2.16. The summed E-state index contributed by atoms with van der Waals surface area (Å²) in [6.45, 7) is 0.403. The highest BCUT2D eigenvalue weighted by molar-refractivity contribution is 5.82. The Kier molecular flexibility index (Phi) is 2.34. The number of non-ortho nitro benzene ring substituents is 1. The van der Waals surface area contributed by atoms with Crippen LogP contribution in [0.15, 0.2) is 22.6 Å². The van der Waals surface area contributed by atoms with Gasteiger partial charge in [0.15, 0.2) is 5.89 Å². The first-order valence-corrected chi connectivity index (χ1v) is 4.45. The molecule has 0 atom stereocenters. The van der Waals surface area contributed by atoms with E-state index in [1.54, 1.807) is 12.1 Å². The third-order valence-corrected chi connectivity index (χ3v) is 1.99. The minimum atomic E-state index is -0.486. The van der Waals surface area contributed by atoms with E-state index in [1.807, 2.05) is 0 Å². The summed E-state index contributed by atoms with van der Waals surface area (Å²) in [6, 6.07) is 4.64. The molecule has 0 fully saturated rings. The van der Waals surface area contributed by atoms with E-state index >= 15 is 0 Å². The molecule has 0 saturated carbocycles. The van der Waals surface area contributed by atoms with Crippen LogP contribution in [0.5, 0.6) is 0 Å². The van der Waals surface area contributed by atoms with Crippen molar-refractivity contribution >= 4 is 16.8 Å². The molecule has 1 heterocycles. The van der Waals surface area contributed by atoms with Gasteiger partial charge in [-0.3, -0.25) is 10.1 Å². The summed E-state index contributed by atoms with van der Waals surface area (Å²) in [5, 5.41) is 10.7. The molecular weight excluding hydrogens is 198 g/mol. The first-order valence-electron chi connectivity index (χ1n) is 4.45. The summed E-state index contributed by atoms with van der Waals surface area (Å²) in [5.74, 6) is 0.432. The molecule has 2 aromatic rings. The van der Waals surface area contributed by atoms with Gasteiger partial charge in [0.05, 0.1) is 4.92 Å². The Morgan fingerprint density at radius 3 is 3.00 bits per heavy atom. The molecule has 2 rings (SSSR count). The summed E-state index contributed by atoms with van der Waals surface area (Å²) < 4.78 is 5.27. The van der Waals surface area contributed by atoms with Gasteiger partial charge in [-0.2, -0.15) is 0 Å². The fourth-order valence-electron chi connectivity index (χ4n) is 1.35. The number of nitrogens with two attached hydrogens (primary N) is 1. The second-order valence-corrected chi connectivity index (χ2v) is 3.03. The van der Waals surface area contributed by atoms with Crippen LogP contribution in [0.25, 0.3) is 11.1 Å². The Labute approximate surface area is 84.8 Å². The number of nitro groups is 1. The van der Waals surface area contributed by atoms with Gasteiger partial charge in [0, 0.05) is 19.0 Å². The van der Waals surface area contributed by atoms with Gasteiger partial charge in [-0.25, -0.2) is 4.98 Å². The molecule has 0 aliphatic carbocycles. The molecule has 6 nitrogen and oxygen atoms in total. The molecule has 0 amide bonds. The Hall–Kier alpha value is -1.95. The Morgan fingerprint density at radius 1 is 1.53 bits per heavy atom. The molecule has 1 aromatic heterocycles. The molecule has 0 spiro atoms. The van der Waals surface area contributed by atoms with Gasteiger partial charge in [0.25, 0.3) is 0 Å². The topological polar surface area (TPSA) is 95.2 Å². The molecule has 2 N–H and O–H groups in total. The van der Waals surface area contributed by atoms with E-state index in [0.29, 0.717) is 24.4 Å². The van der Waals surface area contributed by atoms with E-state index in [0.717, 1.165) is 0 Å². The lowest BCUT2D eigenvalue weighted by molar-refractivity contribution is -0.383. The van der Waals surface area contributed by atoms with E-state index in [2.05, 4.69) is 4.98 Å². The van der Waals surface area contributed by atoms with Crippen LogP contribution in [0.3, 0.4) is 0 Å². The van der Waals surface area contributed by atoms with Crippen molar-refractivity contribution in [2.45, 2.75) is 6.42 Å². The van der Waals surface area contributed by atoms with Crippen molar-refractivity contribution in [1.82, 2.24) is 4.98 Å². The number of benzene rings is 1. The van der Waals surface area contributed by atoms with Crippen LogP contribution in [0.1, 0.15) is 5.89 Å². The lowest BCUT2D eigenvalue weighted by Gasteiger charge is -1.89. The Morgan fingerprint density at radius 2 is 2.33 bits per heavy atom. The maximum Gasteiger partial charge on any atom is 0.313 e. The average molecular weight is 207 g/mol. The van der Waals surface area contributed by atoms with Crippen LogP contribution in [-0.2, 0) is 6.42 Å². The SMILES string of the molecule is NCCc1nc2cccc([N+](=O)[O-])c2o1. The number of fused-ring (bicyclic) bond motifs is 1. The molecule has 0 saturated heterocycles. The third-order valence-electron chi connectivity index (χ3n) is 1.99. The zero-order chi connectivity index (χ0) is 10.8. The lowest BCUT2D eigenvalue weighted by atomic mass is 10.3. The molecule has 78 valence electrons. The number of nitro benzene ring substituents is 1. The van der Waals surface area contributed by atoms with Crippen molar-refractivity contribution in [2.24, 2.45) is 5.73 Å². The van der Waals surface area contributed by atoms with Crippen LogP contribution < -0.4 is 5.73 Å². The number of aromatic nitrogens is 1. The Bertz CT molecular complexity index is 506. The molecule has 6 heteroatoms. The zero-order valence-corrected chi connectivity index (χ0v) is 7.84. The third kappa shape index (κ3) is 1.66. The van der Waals surface area contributed by atoms with Gasteiger partial charge in [0.2, 0.25) is 5.58 Å². The van der Waals surface area contributed by atoms with Crippen LogP contribution in [0, 0.1) is 10.1 Å². The smallest absolute Gasteiger partial charge is 0.313 e. The fraction of sp³-hybridized carbons (Fsp3) is 0.222. The summed E-state index contributed by atoms with van der Waals surface area (Å²) in [6.07, 6.45) is 0.478. The zero-order valence-electron chi connectivity index (χ0n) is 7.84. The molecule has 0 bridgehead atoms. The molecule has 1 aromatic carbocycles. The maximum atomic E-state index is 10.7. The summed E-state index contributed by atoms with van der Waals surface area (Å²) in [4.78, 5) is 14.3. The van der Waals surface area contributed by atoms with Crippen molar-refractivity contribution in [3.05, 3.63) is 34.2 Å². The minimum Gasteiger partial charge on any atom is -0.433 e. The highest BCUT2D eigenvalue weighted by Crippen LogP contribution is 2.25. The van der Waals surface area contributed by atoms with Crippen LogP contribution in [0.4, 0.5) is 5.69 Å². The maximum absolute atomic E-state index is 10.7. The van der Waals surface area contributed by atoms with E-state index in [1.165, 1.54) is 6.07 Å². The van der Waals surface area contributed by atoms with Crippen molar-refractivity contribution in [3.8, 4) is 0 Å². The first kappa shape index (κ1) is 9.60. The van der Waals surface area contributed by atoms with Gasteiger partial charge < -0.3 is 10.2 Å². The molecular formula is C9H9N3O3. The number of hydrogen-bond acceptors (Lipinski definition) is 5. The quantitative estimate of drug-likeness (QED) is 0.603. The fourth-order valence-corrected chi connectivity index (χ4v) is 1.35. The van der Waals surface area contributed by atoms with Gasteiger partial charge >= 0.3 is 5.69 Å². The standard InChI is InChI=1S/C9H9N3O3/c10-5-4-8-11-6-2-1-3-7(12(13)14)9(6)15-8/h1-3H,4-5,10H2. The number of rotatable bonds is 3. The number of para-hydroxylation sites is 1. The predicted molar refractivity (Wildman–Crippen MR) is 53.4 cm³/mol. The average Bonchev–Trinajstić information content (AvgIpc) is 2.59. The molecule has 0 aliphatic rings. The number of nitrogens with zero attached hydrogens (tertiary/aromatic N) is 2. The van der Waals surface area contributed by atoms with E-state index in [4.69, 9.17) is 10.2 Å². The second kappa shape index (κ2) is 3.66. The van der Waals surface area contributed by atoms with E-state index in [9.17, 15) is 10.1 Å². The van der Waals surface area contributed by atoms with Crippen LogP contribution in [0.2, 0.25) is 0 Å². The van der Waals surface area contributed by atoms with Gasteiger partial charge in [-0.15, -0.1) is 0 Å². The minimum absolute atomic E-state index is 0.0664. The summed E-state index contributed by atoms with van der Waals surface area (Å²) in [5.41, 5.74) is 5.99. The van der Waals surface area contributed by atoms with Gasteiger partial charge in [-0.05, 0) is 6.07 Å². The van der Waals surface area contributed by atoms with Crippen LogP contribution in [-0.4, -0.2) is 16.5 Å². The predicted octanol–water partition coefficient (Wildman–Crippen LogP) is 1.24. The summed E-state index contributed by atoms with van der Waals surface area (Å²) >= 11 is 0. The van der Waals surface area contributed by atoms with Crippen molar-refractivity contribution in [1.29, 1.82) is 0 Å². The second-order valence-electron chi connectivity index (χ2n) is 3.03. The molecule has 15 heavy (non-hydrogen) atoms. The van der Waals surface area contributed by atoms with Crippen molar-refractivity contribution in [3.63, 3.8) is 0 Å². The van der Waals surface area contributed by atoms with Gasteiger partial charge in [0.1, 0.15) is 5.52 Å². The first-order chi connectivity index (χ1) is 7.22. The largest absolute Gasteiger partial charge is 0.433 e. The highest BCUT2D eigenvalue weighted by atomic mass is 16.6. The lowest BCUT2D eigenvalue weighted by Crippen LogP contribution is -2.02.